The van der Waals surface area contributed by atoms with E-state index in [0.29, 0.717) is 17.5 Å². The Morgan fingerprint density at radius 3 is 2.90 bits per heavy atom. The van der Waals surface area contributed by atoms with Crippen molar-refractivity contribution in [3.63, 3.8) is 0 Å². The summed E-state index contributed by atoms with van der Waals surface area (Å²) in [6, 6.07) is 2.74. The van der Waals surface area contributed by atoms with Gasteiger partial charge < -0.3 is 10.2 Å². The van der Waals surface area contributed by atoms with Crippen molar-refractivity contribution in [2.24, 2.45) is 11.8 Å². The average molecular weight is 344 g/mol. The largest absolute Gasteiger partial charge is 0.363 e. The summed E-state index contributed by atoms with van der Waals surface area (Å²) in [5.41, 5.74) is 0.343. The van der Waals surface area contributed by atoms with E-state index in [1.807, 2.05) is 4.90 Å². The molecular weight excluding hydrogens is 329 g/mol. The SMILES string of the molecule is CC1C2CNCC2CN1c1cc(Br)c(F)cc1[N+](=O)[O-]. The highest BCUT2D eigenvalue weighted by Crippen LogP contribution is 2.41. The van der Waals surface area contributed by atoms with Gasteiger partial charge in [0.25, 0.3) is 5.69 Å². The van der Waals surface area contributed by atoms with Crippen molar-refractivity contribution in [2.75, 3.05) is 24.5 Å². The van der Waals surface area contributed by atoms with Crippen LogP contribution in [-0.2, 0) is 0 Å². The Labute approximate surface area is 124 Å². The number of anilines is 1. The molecule has 0 spiro atoms. The van der Waals surface area contributed by atoms with Crippen LogP contribution in [0.3, 0.4) is 0 Å². The van der Waals surface area contributed by atoms with Crippen molar-refractivity contribution >= 4 is 27.3 Å². The molecule has 0 aliphatic carbocycles. The Morgan fingerprint density at radius 1 is 1.50 bits per heavy atom. The molecule has 2 heterocycles. The maximum Gasteiger partial charge on any atom is 0.295 e. The number of rotatable bonds is 2. The Morgan fingerprint density at radius 2 is 2.25 bits per heavy atom. The predicted octanol–water partition coefficient (Wildman–Crippen LogP) is 2.54. The van der Waals surface area contributed by atoms with Gasteiger partial charge in [-0.25, -0.2) is 4.39 Å². The smallest absolute Gasteiger partial charge is 0.295 e. The van der Waals surface area contributed by atoms with Crippen LogP contribution in [0.1, 0.15) is 6.92 Å². The minimum atomic E-state index is -0.603. The highest BCUT2D eigenvalue weighted by atomic mass is 79.9. The minimum absolute atomic E-state index is 0.162. The zero-order valence-electron chi connectivity index (χ0n) is 11.0. The number of hydrogen-bond acceptors (Lipinski definition) is 4. The lowest BCUT2D eigenvalue weighted by atomic mass is 9.95. The number of hydrogen-bond donors (Lipinski definition) is 1. The number of halogens is 2. The maximum absolute atomic E-state index is 13.6. The summed E-state index contributed by atoms with van der Waals surface area (Å²) in [5.74, 6) is 0.404. The standard InChI is InChI=1S/C13H15BrFN3O2/c1-7-9-5-16-4-8(9)6-17(7)12-2-10(14)11(15)3-13(12)18(19)20/h2-3,7-9,16H,4-6H2,1H3. The quantitative estimate of drug-likeness (QED) is 0.662. The number of nitrogens with zero attached hydrogens (tertiary/aromatic N) is 2. The van der Waals surface area contributed by atoms with Crippen molar-refractivity contribution in [3.05, 3.63) is 32.5 Å². The van der Waals surface area contributed by atoms with Gasteiger partial charge in [0.2, 0.25) is 0 Å². The normalized spacial score (nSPS) is 28.8. The molecule has 108 valence electrons. The molecule has 7 heteroatoms. The van der Waals surface area contributed by atoms with E-state index >= 15 is 0 Å². The van der Waals surface area contributed by atoms with Gasteiger partial charge in [0, 0.05) is 25.7 Å². The van der Waals surface area contributed by atoms with Gasteiger partial charge in [-0.15, -0.1) is 0 Å². The fourth-order valence-electron chi connectivity index (χ4n) is 3.39. The van der Waals surface area contributed by atoms with Crippen molar-refractivity contribution in [3.8, 4) is 0 Å². The first-order valence-corrected chi connectivity index (χ1v) is 7.39. The summed E-state index contributed by atoms with van der Waals surface area (Å²) in [6.45, 7) is 4.75. The highest BCUT2D eigenvalue weighted by Gasteiger charge is 2.43. The fraction of sp³-hybridized carbons (Fsp3) is 0.538. The third-order valence-electron chi connectivity index (χ3n) is 4.46. The summed E-state index contributed by atoms with van der Waals surface area (Å²) < 4.78 is 13.8. The van der Waals surface area contributed by atoms with Crippen molar-refractivity contribution in [2.45, 2.75) is 13.0 Å². The molecule has 0 amide bonds. The van der Waals surface area contributed by atoms with Crippen LogP contribution >= 0.6 is 15.9 Å². The first-order valence-electron chi connectivity index (χ1n) is 6.60. The zero-order valence-corrected chi connectivity index (χ0v) is 12.6. The van der Waals surface area contributed by atoms with E-state index in [-0.39, 0.29) is 16.2 Å². The van der Waals surface area contributed by atoms with Crippen LogP contribution in [0.15, 0.2) is 16.6 Å². The predicted molar refractivity (Wildman–Crippen MR) is 77.4 cm³/mol. The maximum atomic E-state index is 13.6. The Hall–Kier alpha value is -1.21. The second-order valence-electron chi connectivity index (χ2n) is 5.49. The topological polar surface area (TPSA) is 58.4 Å². The van der Waals surface area contributed by atoms with Gasteiger partial charge in [0.15, 0.2) is 0 Å². The van der Waals surface area contributed by atoms with Crippen molar-refractivity contribution in [1.82, 2.24) is 5.32 Å². The molecule has 2 aliphatic heterocycles. The first-order chi connectivity index (χ1) is 9.49. The molecule has 3 rings (SSSR count). The van der Waals surface area contributed by atoms with Crippen LogP contribution in [-0.4, -0.2) is 30.6 Å². The lowest BCUT2D eigenvalue weighted by Crippen LogP contribution is -2.33. The summed E-state index contributed by atoms with van der Waals surface area (Å²) in [4.78, 5) is 12.7. The summed E-state index contributed by atoms with van der Waals surface area (Å²) >= 11 is 3.12. The van der Waals surface area contributed by atoms with Crippen LogP contribution in [0, 0.1) is 27.8 Å². The molecule has 2 saturated heterocycles. The summed E-state index contributed by atoms with van der Waals surface area (Å²) in [7, 11) is 0. The van der Waals surface area contributed by atoms with E-state index in [1.165, 1.54) is 6.07 Å². The van der Waals surface area contributed by atoms with E-state index in [1.54, 1.807) is 0 Å². The molecule has 1 aromatic carbocycles. The molecule has 1 aromatic rings. The number of fused-ring (bicyclic) bond motifs is 1. The van der Waals surface area contributed by atoms with Crippen LogP contribution < -0.4 is 10.2 Å². The van der Waals surface area contributed by atoms with E-state index < -0.39 is 10.7 Å². The van der Waals surface area contributed by atoms with E-state index in [9.17, 15) is 14.5 Å². The number of benzene rings is 1. The van der Waals surface area contributed by atoms with Crippen LogP contribution in [0.25, 0.3) is 0 Å². The van der Waals surface area contributed by atoms with Gasteiger partial charge in [0.1, 0.15) is 11.5 Å². The average Bonchev–Trinajstić information content (AvgIpc) is 2.96. The molecular formula is C13H15BrFN3O2. The van der Waals surface area contributed by atoms with Crippen LogP contribution in [0.5, 0.6) is 0 Å². The Balaban J connectivity index is 2.02. The molecule has 20 heavy (non-hydrogen) atoms. The van der Waals surface area contributed by atoms with Gasteiger partial charge in [-0.3, -0.25) is 10.1 Å². The molecule has 3 atom stereocenters. The Kier molecular flexibility index (Phi) is 3.41. The number of nitro benzene ring substituents is 1. The van der Waals surface area contributed by atoms with Crippen LogP contribution in [0.4, 0.5) is 15.8 Å². The van der Waals surface area contributed by atoms with Gasteiger partial charge in [0.05, 0.1) is 15.5 Å². The molecule has 0 radical (unpaired) electrons. The fourth-order valence-corrected chi connectivity index (χ4v) is 3.72. The lowest BCUT2D eigenvalue weighted by Gasteiger charge is -2.26. The zero-order chi connectivity index (χ0) is 14.4. The molecule has 3 unspecified atom stereocenters. The first kappa shape index (κ1) is 13.8. The monoisotopic (exact) mass is 343 g/mol. The van der Waals surface area contributed by atoms with Gasteiger partial charge >= 0.3 is 0 Å². The van der Waals surface area contributed by atoms with Gasteiger partial charge in [-0.1, -0.05) is 0 Å². The molecule has 0 saturated carbocycles. The molecule has 5 nitrogen and oxygen atoms in total. The number of nitrogens with one attached hydrogen (secondary N) is 1. The van der Waals surface area contributed by atoms with Gasteiger partial charge in [-0.2, -0.15) is 0 Å². The highest BCUT2D eigenvalue weighted by molar-refractivity contribution is 9.10. The van der Waals surface area contributed by atoms with Crippen LogP contribution in [0.2, 0.25) is 0 Å². The Bertz CT molecular complexity index is 569. The molecule has 2 aliphatic rings. The summed E-state index contributed by atoms with van der Waals surface area (Å²) in [6.07, 6.45) is 0. The lowest BCUT2D eigenvalue weighted by molar-refractivity contribution is -0.384. The van der Waals surface area contributed by atoms with E-state index in [4.69, 9.17) is 0 Å². The minimum Gasteiger partial charge on any atom is -0.363 e. The van der Waals surface area contributed by atoms with E-state index in [2.05, 4.69) is 28.2 Å². The molecule has 2 fully saturated rings. The molecule has 0 aromatic heterocycles. The number of nitro groups is 1. The van der Waals surface area contributed by atoms with Crippen molar-refractivity contribution < 1.29 is 9.31 Å². The van der Waals surface area contributed by atoms with E-state index in [0.717, 1.165) is 25.7 Å². The third kappa shape index (κ3) is 2.09. The third-order valence-corrected chi connectivity index (χ3v) is 5.07. The molecule has 0 bridgehead atoms. The molecule has 1 N–H and O–H groups in total. The van der Waals surface area contributed by atoms with Gasteiger partial charge in [-0.05, 0) is 40.8 Å². The van der Waals surface area contributed by atoms with Crippen molar-refractivity contribution in [1.29, 1.82) is 0 Å². The summed E-state index contributed by atoms with van der Waals surface area (Å²) in [5, 5.41) is 14.5. The second-order valence-corrected chi connectivity index (χ2v) is 6.34. The second kappa shape index (κ2) is 4.96.